The summed E-state index contributed by atoms with van der Waals surface area (Å²) < 4.78 is 2.23. The van der Waals surface area contributed by atoms with Gasteiger partial charge >= 0.3 is 0 Å². The lowest BCUT2D eigenvalue weighted by Crippen LogP contribution is -2.04. The van der Waals surface area contributed by atoms with Crippen molar-refractivity contribution >= 4 is 54.1 Å². The summed E-state index contributed by atoms with van der Waals surface area (Å²) in [6.45, 7) is 0. The molecule has 3 heteroatoms. The molecule has 0 saturated carbocycles. The number of aromatic nitrogens is 3. The number of rotatable bonds is 4. The lowest BCUT2D eigenvalue weighted by molar-refractivity contribution is 0.996. The van der Waals surface area contributed by atoms with E-state index < -0.39 is 0 Å². The highest BCUT2D eigenvalue weighted by Gasteiger charge is 2.18. The molecule has 0 amide bonds. The van der Waals surface area contributed by atoms with E-state index in [1.54, 1.807) is 0 Å². The van der Waals surface area contributed by atoms with Crippen molar-refractivity contribution in [2.24, 2.45) is 0 Å². The first-order chi connectivity index (χ1) is 24.3. The molecule has 2 aromatic heterocycles. The van der Waals surface area contributed by atoms with Gasteiger partial charge in [0.15, 0.2) is 0 Å². The van der Waals surface area contributed by atoms with Crippen molar-refractivity contribution in [1.82, 2.24) is 14.5 Å². The van der Waals surface area contributed by atoms with Gasteiger partial charge in [-0.25, -0.2) is 9.97 Å². The molecule has 0 spiro atoms. The Hall–Kier alpha value is -6.58. The zero-order valence-electron chi connectivity index (χ0n) is 26.6. The van der Waals surface area contributed by atoms with Crippen molar-refractivity contribution in [3.8, 4) is 39.6 Å². The lowest BCUT2D eigenvalue weighted by Gasteiger charge is -2.13. The van der Waals surface area contributed by atoms with Crippen LogP contribution in [-0.4, -0.2) is 14.5 Å². The van der Waals surface area contributed by atoms with Crippen LogP contribution in [0.25, 0.3) is 93.7 Å². The number of benzene rings is 8. The molecule has 0 aliphatic heterocycles. The third kappa shape index (κ3) is 4.44. The highest BCUT2D eigenvalue weighted by atomic mass is 15.2. The minimum absolute atomic E-state index is 0.652. The monoisotopic (exact) mass is 623 g/mol. The molecule has 0 bridgehead atoms. The van der Waals surface area contributed by atoms with Crippen LogP contribution in [0.4, 0.5) is 0 Å². The normalized spacial score (nSPS) is 11.7. The van der Waals surface area contributed by atoms with E-state index in [1.807, 2.05) is 12.1 Å². The number of fused-ring (bicyclic) bond motifs is 9. The molecule has 0 fully saturated rings. The quantitative estimate of drug-likeness (QED) is 0.183. The Morgan fingerprint density at radius 3 is 1.31 bits per heavy atom. The van der Waals surface area contributed by atoms with Gasteiger partial charge in [-0.05, 0) is 67.7 Å². The Morgan fingerprint density at radius 2 is 0.714 bits per heavy atom. The summed E-state index contributed by atoms with van der Waals surface area (Å²) in [4.78, 5) is 10.5. The second-order valence-corrected chi connectivity index (χ2v) is 12.6. The molecular formula is C46H29N3. The fourth-order valence-electron chi connectivity index (χ4n) is 7.50. The first-order valence-electron chi connectivity index (χ1n) is 16.7. The molecule has 2 heterocycles. The van der Waals surface area contributed by atoms with Crippen molar-refractivity contribution in [2.45, 2.75) is 0 Å². The largest absolute Gasteiger partial charge is 0.278 e. The molecule has 0 radical (unpaired) electrons. The van der Waals surface area contributed by atoms with E-state index in [-0.39, 0.29) is 0 Å². The highest BCUT2D eigenvalue weighted by molar-refractivity contribution is 6.25. The second kappa shape index (κ2) is 11.0. The van der Waals surface area contributed by atoms with Crippen molar-refractivity contribution in [3.63, 3.8) is 0 Å². The standard InChI is InChI=1S/C46H29N3/c1-3-13-30(14-4-1)42-29-43(31-15-5-2-6-16-31)48-46(47-42)49-44-22-12-11-21-39(44)40-26-24-33(28-45(40)49)32-23-25-38-36-19-8-7-17-34(36)35-18-9-10-20-37(35)41(38)27-32/h1-29H. The first kappa shape index (κ1) is 27.5. The van der Waals surface area contributed by atoms with Gasteiger partial charge in [-0.3, -0.25) is 4.57 Å². The van der Waals surface area contributed by atoms with Crippen LogP contribution in [0.5, 0.6) is 0 Å². The zero-order valence-corrected chi connectivity index (χ0v) is 26.6. The predicted octanol–water partition coefficient (Wildman–Crippen LogP) is 12.0. The van der Waals surface area contributed by atoms with Gasteiger partial charge in [0.25, 0.3) is 0 Å². The summed E-state index contributed by atoms with van der Waals surface area (Å²) in [5, 5.41) is 10.0. The molecule has 10 aromatic rings. The van der Waals surface area contributed by atoms with Gasteiger partial charge < -0.3 is 0 Å². The Labute approximate surface area is 283 Å². The maximum absolute atomic E-state index is 5.23. The van der Waals surface area contributed by atoms with Gasteiger partial charge in [0.05, 0.1) is 22.4 Å². The van der Waals surface area contributed by atoms with Gasteiger partial charge in [0.2, 0.25) is 5.95 Å². The highest BCUT2D eigenvalue weighted by Crippen LogP contribution is 2.39. The van der Waals surface area contributed by atoms with E-state index in [0.29, 0.717) is 5.95 Å². The first-order valence-corrected chi connectivity index (χ1v) is 16.7. The van der Waals surface area contributed by atoms with Crippen molar-refractivity contribution in [1.29, 1.82) is 0 Å². The van der Waals surface area contributed by atoms with Crippen molar-refractivity contribution in [3.05, 3.63) is 176 Å². The van der Waals surface area contributed by atoms with E-state index in [1.165, 1.54) is 48.7 Å². The fraction of sp³-hybridized carbons (Fsp3) is 0. The lowest BCUT2D eigenvalue weighted by atomic mass is 9.92. The number of para-hydroxylation sites is 1. The van der Waals surface area contributed by atoms with E-state index in [4.69, 9.17) is 9.97 Å². The van der Waals surface area contributed by atoms with Crippen LogP contribution in [0.2, 0.25) is 0 Å². The van der Waals surface area contributed by atoms with E-state index in [9.17, 15) is 0 Å². The Balaban J connectivity index is 1.23. The van der Waals surface area contributed by atoms with Crippen LogP contribution in [-0.2, 0) is 0 Å². The number of hydrogen-bond donors (Lipinski definition) is 0. The third-order valence-corrected chi connectivity index (χ3v) is 9.80. The predicted molar refractivity (Wildman–Crippen MR) is 205 cm³/mol. The molecule has 0 atom stereocenters. The summed E-state index contributed by atoms with van der Waals surface area (Å²) in [6, 6.07) is 62.6. The van der Waals surface area contributed by atoms with Crippen LogP contribution in [0.15, 0.2) is 176 Å². The molecule has 0 aliphatic carbocycles. The van der Waals surface area contributed by atoms with Crippen LogP contribution in [0, 0.1) is 0 Å². The van der Waals surface area contributed by atoms with Gasteiger partial charge in [-0.1, -0.05) is 152 Å². The third-order valence-electron chi connectivity index (χ3n) is 9.80. The van der Waals surface area contributed by atoms with Gasteiger partial charge in [0, 0.05) is 21.9 Å². The SMILES string of the molecule is c1ccc(-c2cc(-c3ccccc3)nc(-n3c4ccccc4c4ccc(-c5ccc6c7ccccc7c7ccccc7c6c5)cc43)n2)cc1. The molecule has 0 saturated heterocycles. The topological polar surface area (TPSA) is 30.7 Å². The molecule has 8 aromatic carbocycles. The molecule has 0 N–H and O–H groups in total. The Morgan fingerprint density at radius 1 is 0.286 bits per heavy atom. The molecule has 49 heavy (non-hydrogen) atoms. The number of hydrogen-bond acceptors (Lipinski definition) is 2. The zero-order chi connectivity index (χ0) is 32.3. The summed E-state index contributed by atoms with van der Waals surface area (Å²) >= 11 is 0. The van der Waals surface area contributed by atoms with E-state index in [2.05, 4.69) is 168 Å². The molecule has 3 nitrogen and oxygen atoms in total. The van der Waals surface area contributed by atoms with Crippen molar-refractivity contribution in [2.75, 3.05) is 0 Å². The minimum Gasteiger partial charge on any atom is -0.278 e. The average Bonchev–Trinajstić information content (AvgIpc) is 3.52. The smallest absolute Gasteiger partial charge is 0.235 e. The van der Waals surface area contributed by atoms with Crippen LogP contribution in [0.3, 0.4) is 0 Å². The summed E-state index contributed by atoms with van der Waals surface area (Å²) in [5.74, 6) is 0.652. The van der Waals surface area contributed by atoms with Gasteiger partial charge in [0.1, 0.15) is 0 Å². The summed E-state index contributed by atoms with van der Waals surface area (Å²) in [7, 11) is 0. The average molecular weight is 624 g/mol. The summed E-state index contributed by atoms with van der Waals surface area (Å²) in [6.07, 6.45) is 0. The molecule has 0 unspecified atom stereocenters. The molecular weight excluding hydrogens is 595 g/mol. The minimum atomic E-state index is 0.652. The van der Waals surface area contributed by atoms with E-state index >= 15 is 0 Å². The van der Waals surface area contributed by atoms with Crippen LogP contribution in [0.1, 0.15) is 0 Å². The molecule has 0 aliphatic rings. The van der Waals surface area contributed by atoms with Crippen molar-refractivity contribution < 1.29 is 0 Å². The maximum Gasteiger partial charge on any atom is 0.235 e. The summed E-state index contributed by atoms with van der Waals surface area (Å²) in [5.41, 5.74) is 8.37. The van der Waals surface area contributed by atoms with E-state index in [0.717, 1.165) is 39.1 Å². The maximum atomic E-state index is 5.23. The van der Waals surface area contributed by atoms with Crippen LogP contribution >= 0.6 is 0 Å². The van der Waals surface area contributed by atoms with Crippen LogP contribution < -0.4 is 0 Å². The van der Waals surface area contributed by atoms with Gasteiger partial charge in [-0.15, -0.1) is 0 Å². The Kier molecular flexibility index (Phi) is 6.18. The molecule has 228 valence electrons. The number of nitrogens with zero attached hydrogens (tertiary/aromatic N) is 3. The fourth-order valence-corrected chi connectivity index (χ4v) is 7.50. The second-order valence-electron chi connectivity index (χ2n) is 12.6. The molecule has 10 rings (SSSR count). The van der Waals surface area contributed by atoms with Gasteiger partial charge in [-0.2, -0.15) is 0 Å². The Bertz CT molecular complexity index is 2780.